The highest BCUT2D eigenvalue weighted by Crippen LogP contribution is 2.37. The molecular formula is C33H38N6O. The molecule has 2 N–H and O–H groups in total. The van der Waals surface area contributed by atoms with E-state index in [0.717, 1.165) is 76.1 Å². The Bertz CT molecular complexity index is 1500. The van der Waals surface area contributed by atoms with Crippen molar-refractivity contribution < 1.29 is 4.74 Å². The fourth-order valence-electron chi connectivity index (χ4n) is 6.36. The van der Waals surface area contributed by atoms with E-state index >= 15 is 0 Å². The van der Waals surface area contributed by atoms with Crippen LogP contribution in [0.5, 0.6) is 5.75 Å². The van der Waals surface area contributed by atoms with Crippen molar-refractivity contribution in [2.45, 2.75) is 45.6 Å². The number of aromatic nitrogens is 2. The van der Waals surface area contributed by atoms with Crippen molar-refractivity contribution >= 4 is 22.3 Å². The monoisotopic (exact) mass is 534 g/mol. The number of pyridine rings is 1. The van der Waals surface area contributed by atoms with Crippen LogP contribution >= 0.6 is 0 Å². The fourth-order valence-corrected chi connectivity index (χ4v) is 6.36. The average Bonchev–Trinajstić information content (AvgIpc) is 3.69. The van der Waals surface area contributed by atoms with Gasteiger partial charge in [0, 0.05) is 79.0 Å². The van der Waals surface area contributed by atoms with Crippen LogP contribution in [0.25, 0.3) is 22.0 Å². The number of piperazine rings is 1. The lowest BCUT2D eigenvalue weighted by atomic mass is 9.99. The molecule has 7 nitrogen and oxygen atoms in total. The number of hydrogen-bond acceptors (Lipinski definition) is 6. The molecule has 4 aromatic rings. The minimum absolute atomic E-state index is 0.516. The van der Waals surface area contributed by atoms with Crippen molar-refractivity contribution in [1.29, 1.82) is 5.26 Å². The number of ether oxygens (including phenoxy) is 1. The normalized spacial score (nSPS) is 16.8. The minimum atomic E-state index is 0.516. The first kappa shape index (κ1) is 26.4. The Morgan fingerprint density at radius 1 is 1.02 bits per heavy atom. The smallest absolute Gasteiger partial charge is 0.119 e. The highest BCUT2D eigenvalue weighted by Gasteiger charge is 2.26. The molecule has 2 aromatic carbocycles. The molecule has 206 valence electrons. The predicted octanol–water partition coefficient (Wildman–Crippen LogP) is 6.40. The summed E-state index contributed by atoms with van der Waals surface area (Å²) in [7, 11) is 0. The van der Waals surface area contributed by atoms with Crippen LogP contribution in [0, 0.1) is 25.2 Å². The molecule has 3 heterocycles. The van der Waals surface area contributed by atoms with Gasteiger partial charge in [0.2, 0.25) is 0 Å². The van der Waals surface area contributed by atoms with E-state index in [1.54, 1.807) is 6.20 Å². The Kier molecular flexibility index (Phi) is 7.72. The lowest BCUT2D eigenvalue weighted by molar-refractivity contribution is 0.0882. The first-order chi connectivity index (χ1) is 19.6. The summed E-state index contributed by atoms with van der Waals surface area (Å²) in [6.45, 7) is 10.3. The van der Waals surface area contributed by atoms with Crippen molar-refractivity contribution in [3.8, 4) is 22.9 Å². The van der Waals surface area contributed by atoms with Crippen molar-refractivity contribution in [1.82, 2.24) is 19.8 Å². The summed E-state index contributed by atoms with van der Waals surface area (Å²) < 4.78 is 6.13. The zero-order chi connectivity index (χ0) is 27.5. The van der Waals surface area contributed by atoms with E-state index in [2.05, 4.69) is 68.4 Å². The molecule has 2 aliphatic rings. The van der Waals surface area contributed by atoms with Gasteiger partial charge < -0.3 is 15.0 Å². The Hall–Kier alpha value is -3.86. The quantitative estimate of drug-likeness (QED) is 0.272. The second kappa shape index (κ2) is 11.7. The molecule has 0 bridgehead atoms. The largest absolute Gasteiger partial charge is 0.492 e. The third-order valence-corrected chi connectivity index (χ3v) is 8.72. The predicted molar refractivity (Wildman–Crippen MR) is 161 cm³/mol. The molecule has 0 atom stereocenters. The van der Waals surface area contributed by atoms with Gasteiger partial charge in [-0.2, -0.15) is 5.26 Å². The van der Waals surface area contributed by atoms with Crippen LogP contribution in [-0.2, 0) is 0 Å². The van der Waals surface area contributed by atoms with E-state index in [0.29, 0.717) is 12.2 Å². The van der Waals surface area contributed by atoms with E-state index in [1.807, 2.05) is 25.3 Å². The summed E-state index contributed by atoms with van der Waals surface area (Å²) in [5, 5.41) is 14.7. The molecule has 40 heavy (non-hydrogen) atoms. The number of hydrogen-bond donors (Lipinski definition) is 2. The number of anilines is 2. The number of fused-ring (bicyclic) bond motifs is 1. The number of aromatic amines is 1. The number of nitrogens with zero attached hydrogens (tertiary/aromatic N) is 4. The van der Waals surface area contributed by atoms with Crippen LogP contribution in [0.1, 0.15) is 42.5 Å². The zero-order valence-corrected chi connectivity index (χ0v) is 23.5. The van der Waals surface area contributed by atoms with Gasteiger partial charge in [-0.05, 0) is 68.1 Å². The highest BCUT2D eigenvalue weighted by molar-refractivity contribution is 5.92. The van der Waals surface area contributed by atoms with Crippen molar-refractivity contribution in [3.63, 3.8) is 0 Å². The summed E-state index contributed by atoms with van der Waals surface area (Å²) in [6, 6.07) is 17.5. The van der Waals surface area contributed by atoms with E-state index in [1.165, 1.54) is 38.8 Å². The van der Waals surface area contributed by atoms with Crippen LogP contribution < -0.4 is 10.1 Å². The first-order valence-corrected chi connectivity index (χ1v) is 14.5. The number of H-pyrrole nitrogens is 1. The molecule has 1 saturated carbocycles. The van der Waals surface area contributed by atoms with Gasteiger partial charge in [0.05, 0.1) is 11.3 Å². The second-order valence-corrected chi connectivity index (χ2v) is 11.1. The number of benzene rings is 2. The van der Waals surface area contributed by atoms with Crippen LogP contribution in [-0.4, -0.2) is 65.1 Å². The van der Waals surface area contributed by atoms with E-state index in [4.69, 9.17) is 4.74 Å². The maximum atomic E-state index is 9.92. The summed E-state index contributed by atoms with van der Waals surface area (Å²) in [5.74, 6) is 0.860. The van der Waals surface area contributed by atoms with Gasteiger partial charge >= 0.3 is 0 Å². The SMILES string of the molecule is Cc1ncc(C#N)c(Nc2ccc3[nH]ccc3c2C)c1-c1ccc(OCCN2CCN(C3CCCC3)CC2)cc1. The lowest BCUT2D eigenvalue weighted by Gasteiger charge is -2.38. The van der Waals surface area contributed by atoms with Crippen molar-refractivity contribution in [3.05, 3.63) is 71.7 Å². The average molecular weight is 535 g/mol. The van der Waals surface area contributed by atoms with Crippen molar-refractivity contribution in [2.75, 3.05) is 44.6 Å². The summed E-state index contributed by atoms with van der Waals surface area (Å²) in [4.78, 5) is 13.0. The molecule has 0 amide bonds. The molecular weight excluding hydrogens is 496 g/mol. The molecule has 6 rings (SSSR count). The maximum absolute atomic E-state index is 9.92. The molecule has 7 heteroatoms. The second-order valence-electron chi connectivity index (χ2n) is 11.1. The van der Waals surface area contributed by atoms with Crippen LogP contribution in [0.2, 0.25) is 0 Å². The highest BCUT2D eigenvalue weighted by atomic mass is 16.5. The van der Waals surface area contributed by atoms with Gasteiger partial charge in [-0.25, -0.2) is 0 Å². The Balaban J connectivity index is 1.13. The Morgan fingerprint density at radius 3 is 2.55 bits per heavy atom. The standard InChI is InChI=1S/C33H38N6O/c1-23-29-13-14-35-31(29)12-11-30(23)37-33-26(21-34)22-36-24(2)32(33)25-7-9-28(10-8-25)40-20-19-38-15-17-39(18-16-38)27-5-3-4-6-27/h7-14,22,27,35H,3-6,15-20H2,1-2H3,(H,36,37). The summed E-state index contributed by atoms with van der Waals surface area (Å²) in [5.41, 5.74) is 7.29. The molecule has 0 spiro atoms. The molecule has 2 aromatic heterocycles. The molecule has 2 fully saturated rings. The molecule has 1 saturated heterocycles. The van der Waals surface area contributed by atoms with E-state index < -0.39 is 0 Å². The van der Waals surface area contributed by atoms with E-state index in [9.17, 15) is 5.26 Å². The van der Waals surface area contributed by atoms with Gasteiger partial charge in [0.1, 0.15) is 18.4 Å². The Morgan fingerprint density at radius 2 is 1.80 bits per heavy atom. The first-order valence-electron chi connectivity index (χ1n) is 14.5. The van der Waals surface area contributed by atoms with Crippen LogP contribution in [0.3, 0.4) is 0 Å². The summed E-state index contributed by atoms with van der Waals surface area (Å²) in [6.07, 6.45) is 9.17. The summed E-state index contributed by atoms with van der Waals surface area (Å²) >= 11 is 0. The topological polar surface area (TPSA) is 80.2 Å². The third-order valence-electron chi connectivity index (χ3n) is 8.72. The minimum Gasteiger partial charge on any atom is -0.492 e. The van der Waals surface area contributed by atoms with Gasteiger partial charge in [-0.3, -0.25) is 14.8 Å². The number of rotatable bonds is 8. The Labute approximate surface area is 236 Å². The molecule has 0 unspecified atom stereocenters. The molecule has 1 aliphatic carbocycles. The molecule has 0 radical (unpaired) electrons. The van der Waals surface area contributed by atoms with Crippen LogP contribution in [0.4, 0.5) is 11.4 Å². The van der Waals surface area contributed by atoms with Gasteiger partial charge in [-0.15, -0.1) is 0 Å². The van der Waals surface area contributed by atoms with Gasteiger partial charge in [0.25, 0.3) is 0 Å². The van der Waals surface area contributed by atoms with Gasteiger partial charge in [0.15, 0.2) is 0 Å². The third kappa shape index (κ3) is 5.42. The number of aryl methyl sites for hydroxylation is 2. The van der Waals surface area contributed by atoms with Gasteiger partial charge in [-0.1, -0.05) is 25.0 Å². The maximum Gasteiger partial charge on any atom is 0.119 e. The number of nitriles is 1. The zero-order valence-electron chi connectivity index (χ0n) is 23.5. The molecule has 1 aliphatic heterocycles. The number of nitrogens with one attached hydrogen (secondary N) is 2. The van der Waals surface area contributed by atoms with Crippen LogP contribution in [0.15, 0.2) is 54.9 Å². The fraction of sp³-hybridized carbons (Fsp3) is 0.394. The lowest BCUT2D eigenvalue weighted by Crippen LogP contribution is -2.50. The van der Waals surface area contributed by atoms with E-state index in [-0.39, 0.29) is 0 Å². The van der Waals surface area contributed by atoms with Crippen molar-refractivity contribution in [2.24, 2.45) is 0 Å².